The van der Waals surface area contributed by atoms with Crippen LogP contribution in [0, 0.1) is 0 Å². The molecule has 1 aromatic heterocycles. The molecule has 2 heterocycles. The van der Waals surface area contributed by atoms with Gasteiger partial charge in [0.2, 0.25) is 5.91 Å². The van der Waals surface area contributed by atoms with E-state index < -0.39 is 0 Å². The molecule has 2 atom stereocenters. The van der Waals surface area contributed by atoms with Gasteiger partial charge in [0.05, 0.1) is 18.7 Å². The highest BCUT2D eigenvalue weighted by atomic mass is 16.5. The minimum atomic E-state index is 0.0194. The molecule has 2 unspecified atom stereocenters. The molecule has 0 radical (unpaired) electrons. The van der Waals surface area contributed by atoms with Crippen LogP contribution in [0.2, 0.25) is 0 Å². The highest BCUT2D eigenvalue weighted by molar-refractivity contribution is 5.79. The SMILES string of the molecule is CC(c1cc2ccccc2o1)N(C)CC(=O)NCC1CCCO1. The molecule has 23 heavy (non-hydrogen) atoms. The summed E-state index contributed by atoms with van der Waals surface area (Å²) < 4.78 is 11.4. The van der Waals surface area contributed by atoms with Gasteiger partial charge in [-0.15, -0.1) is 0 Å². The molecule has 5 nitrogen and oxygen atoms in total. The first-order chi connectivity index (χ1) is 11.1. The summed E-state index contributed by atoms with van der Waals surface area (Å²) in [4.78, 5) is 14.1. The zero-order valence-electron chi connectivity index (χ0n) is 13.7. The van der Waals surface area contributed by atoms with Crippen LogP contribution in [0.1, 0.15) is 31.6 Å². The van der Waals surface area contributed by atoms with Gasteiger partial charge < -0.3 is 14.5 Å². The third-order valence-electron chi connectivity index (χ3n) is 4.46. The minimum absolute atomic E-state index is 0.0194. The van der Waals surface area contributed by atoms with Crippen LogP contribution < -0.4 is 5.32 Å². The Hall–Kier alpha value is -1.85. The molecule has 3 rings (SSSR count). The molecule has 1 saturated heterocycles. The van der Waals surface area contributed by atoms with Crippen LogP contribution >= 0.6 is 0 Å². The second-order valence-electron chi connectivity index (χ2n) is 6.22. The van der Waals surface area contributed by atoms with E-state index in [4.69, 9.17) is 9.15 Å². The van der Waals surface area contributed by atoms with Gasteiger partial charge in [0, 0.05) is 18.5 Å². The molecule has 1 aromatic carbocycles. The topological polar surface area (TPSA) is 54.7 Å². The number of furan rings is 1. The van der Waals surface area contributed by atoms with Gasteiger partial charge in [-0.05, 0) is 38.9 Å². The molecule has 0 aliphatic carbocycles. The lowest BCUT2D eigenvalue weighted by Gasteiger charge is -2.22. The normalized spacial score (nSPS) is 19.3. The van der Waals surface area contributed by atoms with Crippen molar-refractivity contribution in [3.05, 3.63) is 36.1 Å². The second kappa shape index (κ2) is 7.15. The van der Waals surface area contributed by atoms with Crippen molar-refractivity contribution in [2.75, 3.05) is 26.7 Å². The summed E-state index contributed by atoms with van der Waals surface area (Å²) in [6, 6.07) is 10.0. The number of nitrogens with zero attached hydrogens (tertiary/aromatic N) is 1. The van der Waals surface area contributed by atoms with E-state index in [2.05, 4.69) is 5.32 Å². The van der Waals surface area contributed by atoms with Crippen molar-refractivity contribution in [2.24, 2.45) is 0 Å². The molecule has 1 fully saturated rings. The van der Waals surface area contributed by atoms with Crippen molar-refractivity contribution in [3.63, 3.8) is 0 Å². The summed E-state index contributed by atoms with van der Waals surface area (Å²) in [7, 11) is 1.93. The maximum absolute atomic E-state index is 12.1. The molecule has 5 heteroatoms. The summed E-state index contributed by atoms with van der Waals surface area (Å²) in [6.07, 6.45) is 2.30. The largest absolute Gasteiger partial charge is 0.459 e. The van der Waals surface area contributed by atoms with Crippen molar-refractivity contribution < 1.29 is 13.9 Å². The van der Waals surface area contributed by atoms with Crippen molar-refractivity contribution in [3.8, 4) is 0 Å². The van der Waals surface area contributed by atoms with Gasteiger partial charge in [-0.1, -0.05) is 18.2 Å². The summed E-state index contributed by atoms with van der Waals surface area (Å²) in [5.74, 6) is 0.895. The van der Waals surface area contributed by atoms with Crippen LogP contribution in [0.5, 0.6) is 0 Å². The Kier molecular flexibility index (Phi) is 4.98. The molecular formula is C18H24N2O3. The van der Waals surface area contributed by atoms with Crippen molar-refractivity contribution in [2.45, 2.75) is 31.9 Å². The van der Waals surface area contributed by atoms with E-state index >= 15 is 0 Å². The molecule has 1 amide bonds. The van der Waals surface area contributed by atoms with Crippen LogP contribution in [-0.2, 0) is 9.53 Å². The van der Waals surface area contributed by atoms with Crippen LogP contribution in [0.15, 0.2) is 34.7 Å². The number of hydrogen-bond donors (Lipinski definition) is 1. The maximum Gasteiger partial charge on any atom is 0.234 e. The number of carbonyl (C=O) groups excluding carboxylic acids is 1. The van der Waals surface area contributed by atoms with Gasteiger partial charge in [0.1, 0.15) is 11.3 Å². The predicted octanol–water partition coefficient (Wildman–Crippen LogP) is 2.72. The number of rotatable bonds is 6. The number of nitrogens with one attached hydrogen (secondary N) is 1. The molecule has 0 spiro atoms. The molecule has 1 aliphatic heterocycles. The monoisotopic (exact) mass is 316 g/mol. The van der Waals surface area contributed by atoms with Gasteiger partial charge in [-0.25, -0.2) is 0 Å². The summed E-state index contributed by atoms with van der Waals surface area (Å²) in [5.41, 5.74) is 0.880. The summed E-state index contributed by atoms with van der Waals surface area (Å²) >= 11 is 0. The van der Waals surface area contributed by atoms with E-state index in [-0.39, 0.29) is 18.1 Å². The van der Waals surface area contributed by atoms with E-state index in [1.807, 2.05) is 49.2 Å². The Morgan fingerprint density at radius 2 is 2.26 bits per heavy atom. The Morgan fingerprint density at radius 1 is 1.43 bits per heavy atom. The van der Waals surface area contributed by atoms with Crippen LogP contribution in [0.25, 0.3) is 11.0 Å². The number of ether oxygens (including phenoxy) is 1. The lowest BCUT2D eigenvalue weighted by Crippen LogP contribution is -2.39. The number of carbonyl (C=O) groups is 1. The Balaban J connectivity index is 1.53. The van der Waals surface area contributed by atoms with E-state index in [0.717, 1.165) is 36.2 Å². The standard InChI is InChI=1S/C18H24N2O3/c1-13(17-10-14-6-3-4-8-16(14)23-17)20(2)12-18(21)19-11-15-7-5-9-22-15/h3-4,6,8,10,13,15H,5,7,9,11-12H2,1-2H3,(H,19,21). The number of para-hydroxylation sites is 1. The van der Waals surface area contributed by atoms with Gasteiger partial charge in [-0.3, -0.25) is 9.69 Å². The number of fused-ring (bicyclic) bond motifs is 1. The third-order valence-corrected chi connectivity index (χ3v) is 4.46. The molecular weight excluding hydrogens is 292 g/mol. The van der Waals surface area contributed by atoms with Crippen molar-refractivity contribution in [1.82, 2.24) is 10.2 Å². The summed E-state index contributed by atoms with van der Waals surface area (Å²) in [5, 5.41) is 4.04. The van der Waals surface area contributed by atoms with Gasteiger partial charge >= 0.3 is 0 Å². The van der Waals surface area contributed by atoms with E-state index in [9.17, 15) is 4.79 Å². The molecule has 2 aromatic rings. The smallest absolute Gasteiger partial charge is 0.234 e. The molecule has 0 bridgehead atoms. The van der Waals surface area contributed by atoms with Gasteiger partial charge in [0.25, 0.3) is 0 Å². The average molecular weight is 316 g/mol. The first-order valence-corrected chi connectivity index (χ1v) is 8.20. The zero-order valence-corrected chi connectivity index (χ0v) is 13.7. The lowest BCUT2D eigenvalue weighted by molar-refractivity contribution is -0.122. The number of hydrogen-bond acceptors (Lipinski definition) is 4. The quantitative estimate of drug-likeness (QED) is 0.890. The molecule has 1 aliphatic rings. The predicted molar refractivity (Wildman–Crippen MR) is 89.2 cm³/mol. The highest BCUT2D eigenvalue weighted by Gasteiger charge is 2.20. The zero-order chi connectivity index (χ0) is 16.2. The fourth-order valence-electron chi connectivity index (χ4n) is 2.88. The second-order valence-corrected chi connectivity index (χ2v) is 6.22. The van der Waals surface area contributed by atoms with Crippen molar-refractivity contribution >= 4 is 16.9 Å². The van der Waals surface area contributed by atoms with Gasteiger partial charge in [-0.2, -0.15) is 0 Å². The minimum Gasteiger partial charge on any atom is -0.459 e. The number of benzene rings is 1. The molecule has 1 N–H and O–H groups in total. The Morgan fingerprint density at radius 3 is 3.00 bits per heavy atom. The fourth-order valence-corrected chi connectivity index (χ4v) is 2.88. The lowest BCUT2D eigenvalue weighted by atomic mass is 10.2. The van der Waals surface area contributed by atoms with Gasteiger partial charge in [0.15, 0.2) is 0 Å². The highest BCUT2D eigenvalue weighted by Crippen LogP contribution is 2.26. The van der Waals surface area contributed by atoms with Crippen LogP contribution in [0.4, 0.5) is 0 Å². The van der Waals surface area contributed by atoms with E-state index in [1.54, 1.807) is 0 Å². The number of amides is 1. The number of likely N-dealkylation sites (N-methyl/N-ethyl adjacent to an activating group) is 1. The van der Waals surface area contributed by atoms with Crippen LogP contribution in [-0.4, -0.2) is 43.7 Å². The van der Waals surface area contributed by atoms with Crippen LogP contribution in [0.3, 0.4) is 0 Å². The molecule has 124 valence electrons. The van der Waals surface area contributed by atoms with Crippen molar-refractivity contribution in [1.29, 1.82) is 0 Å². The molecule has 0 saturated carbocycles. The maximum atomic E-state index is 12.1. The first kappa shape index (κ1) is 16.0. The Bertz CT molecular complexity index is 628. The fraction of sp³-hybridized carbons (Fsp3) is 0.500. The van der Waals surface area contributed by atoms with E-state index in [0.29, 0.717) is 13.1 Å². The van der Waals surface area contributed by atoms with E-state index in [1.165, 1.54) is 0 Å². The summed E-state index contributed by atoms with van der Waals surface area (Å²) in [6.45, 7) is 3.80. The average Bonchev–Trinajstić information content (AvgIpc) is 3.21. The Labute approximate surface area is 136 Å². The first-order valence-electron chi connectivity index (χ1n) is 8.20. The third kappa shape index (κ3) is 3.92.